The van der Waals surface area contributed by atoms with Gasteiger partial charge < -0.3 is 15.2 Å². The summed E-state index contributed by atoms with van der Waals surface area (Å²) < 4.78 is 5.94. The number of aliphatic imine (C=N–C) groups is 1. The third-order valence-electron chi connectivity index (χ3n) is 8.46. The largest absolute Gasteiger partial charge is 0.506 e. The number of aryl methyl sites for hydroxylation is 1. The number of benzene rings is 3. The first-order valence-corrected chi connectivity index (χ1v) is 16.9. The molecule has 0 bridgehead atoms. The van der Waals surface area contributed by atoms with Gasteiger partial charge in [0.2, 0.25) is 5.78 Å². The van der Waals surface area contributed by atoms with Gasteiger partial charge in [0.15, 0.2) is 0 Å². The second-order valence-electron chi connectivity index (χ2n) is 12.2. The Labute approximate surface area is 274 Å². The van der Waals surface area contributed by atoms with E-state index in [0.717, 1.165) is 41.6 Å². The van der Waals surface area contributed by atoms with Gasteiger partial charge in [-0.25, -0.2) is 4.99 Å². The third kappa shape index (κ3) is 8.97. The summed E-state index contributed by atoms with van der Waals surface area (Å²) in [5.41, 5.74) is 6.76. The first kappa shape index (κ1) is 32.7. The van der Waals surface area contributed by atoms with Crippen LogP contribution in [0.15, 0.2) is 119 Å². The van der Waals surface area contributed by atoms with Crippen LogP contribution < -0.4 is 10.1 Å². The van der Waals surface area contributed by atoms with Gasteiger partial charge in [0.1, 0.15) is 11.5 Å². The van der Waals surface area contributed by atoms with Gasteiger partial charge in [0, 0.05) is 11.4 Å². The van der Waals surface area contributed by atoms with E-state index < -0.39 is 0 Å². The van der Waals surface area contributed by atoms with Crippen LogP contribution in [0.5, 0.6) is 5.75 Å². The number of Topliss-reactive ketones (excluding diaryl/α,β-unsaturated/α-hetero) is 1. The van der Waals surface area contributed by atoms with E-state index in [0.29, 0.717) is 22.3 Å². The number of unbranched alkanes of at least 4 members (excludes halogenated alkanes) is 9. The summed E-state index contributed by atoms with van der Waals surface area (Å²) in [6, 6.07) is 23.5. The second-order valence-corrected chi connectivity index (χ2v) is 12.2. The molecule has 5 rings (SSSR count). The number of ether oxygens (including phenoxy) is 1. The van der Waals surface area contributed by atoms with Crippen molar-refractivity contribution in [3.05, 3.63) is 125 Å². The number of hydrogen-bond donors (Lipinski definition) is 2. The van der Waals surface area contributed by atoms with Crippen LogP contribution in [0.4, 0.5) is 17.1 Å². The van der Waals surface area contributed by atoms with E-state index in [1.807, 2.05) is 104 Å². The topological polar surface area (TPSA) is 70.9 Å². The number of carbonyl (C=O) groups excluding carboxylic acids is 1. The molecule has 2 aliphatic rings. The minimum absolute atomic E-state index is 0.0299. The van der Waals surface area contributed by atoms with Crippen molar-refractivity contribution in [1.29, 1.82) is 0 Å². The molecule has 2 N–H and O–H groups in total. The van der Waals surface area contributed by atoms with Gasteiger partial charge in [-0.05, 0) is 85.2 Å². The summed E-state index contributed by atoms with van der Waals surface area (Å²) in [6.07, 6.45) is 20.5. The van der Waals surface area contributed by atoms with E-state index in [9.17, 15) is 9.90 Å². The standard InChI is InChI=1S/C41H46N2O3/c1-3-4-5-6-7-8-9-10-11-12-29-46-37-27-25-36(26-28-37)43-35-23-17-32(18-24-35)39-40(44)38(41(39)45)31-15-21-34(22-16-31)42-33-19-13-30(2)14-20-33/h13-28,43-44H,3-12,29H2,1-2H3. The maximum atomic E-state index is 13.1. The zero-order valence-electron chi connectivity index (χ0n) is 27.2. The van der Waals surface area contributed by atoms with E-state index in [1.54, 1.807) is 0 Å². The van der Waals surface area contributed by atoms with Crippen LogP contribution in [0.25, 0.3) is 5.57 Å². The molecular weight excluding hydrogens is 568 g/mol. The van der Waals surface area contributed by atoms with Crippen molar-refractivity contribution in [2.24, 2.45) is 4.99 Å². The van der Waals surface area contributed by atoms with Gasteiger partial charge in [-0.3, -0.25) is 4.79 Å². The Morgan fingerprint density at radius 1 is 0.674 bits per heavy atom. The van der Waals surface area contributed by atoms with E-state index in [-0.39, 0.29) is 11.5 Å². The van der Waals surface area contributed by atoms with E-state index in [2.05, 4.69) is 17.2 Å². The summed E-state index contributed by atoms with van der Waals surface area (Å²) in [5.74, 6) is 0.752. The first-order chi connectivity index (χ1) is 22.5. The quantitative estimate of drug-likeness (QED) is 0.124. The van der Waals surface area contributed by atoms with Crippen molar-refractivity contribution in [2.75, 3.05) is 11.9 Å². The SMILES string of the molecule is CCCCCCCCCCCCOc1ccc(Nc2ccc(C3=C(O)C(=C4C=CC(=Nc5ccc(C)cc5)C=C4)C3=O)cc2)cc1. The Kier molecular flexibility index (Phi) is 11.8. The van der Waals surface area contributed by atoms with Gasteiger partial charge in [-0.2, -0.15) is 0 Å². The van der Waals surface area contributed by atoms with Crippen LogP contribution in [0.1, 0.15) is 82.3 Å². The molecule has 0 aliphatic heterocycles. The third-order valence-corrected chi connectivity index (χ3v) is 8.46. The first-order valence-electron chi connectivity index (χ1n) is 16.9. The molecule has 0 saturated carbocycles. The predicted octanol–water partition coefficient (Wildman–Crippen LogP) is 11.1. The van der Waals surface area contributed by atoms with Crippen LogP contribution in [0.3, 0.4) is 0 Å². The number of nitrogens with one attached hydrogen (secondary N) is 1. The molecule has 0 fully saturated rings. The number of carbonyl (C=O) groups is 1. The monoisotopic (exact) mass is 614 g/mol. The Hall–Kier alpha value is -4.64. The highest BCUT2D eigenvalue weighted by Gasteiger charge is 2.36. The van der Waals surface area contributed by atoms with E-state index >= 15 is 0 Å². The Bertz CT molecular complexity index is 1600. The molecule has 0 heterocycles. The van der Waals surface area contributed by atoms with Crippen LogP contribution in [0, 0.1) is 6.92 Å². The molecule has 0 amide bonds. The second kappa shape index (κ2) is 16.6. The zero-order chi connectivity index (χ0) is 32.1. The number of allylic oxidation sites excluding steroid dienone is 7. The van der Waals surface area contributed by atoms with Gasteiger partial charge in [-0.15, -0.1) is 0 Å². The average Bonchev–Trinajstić information content (AvgIpc) is 3.07. The summed E-state index contributed by atoms with van der Waals surface area (Å²) in [6.45, 7) is 5.06. The Morgan fingerprint density at radius 2 is 1.24 bits per heavy atom. The van der Waals surface area contributed by atoms with Crippen molar-refractivity contribution in [3.8, 4) is 5.75 Å². The molecule has 3 aromatic carbocycles. The smallest absolute Gasteiger partial charge is 0.201 e. The fourth-order valence-electron chi connectivity index (χ4n) is 5.71. The summed E-state index contributed by atoms with van der Waals surface area (Å²) in [7, 11) is 0. The highest BCUT2D eigenvalue weighted by Crippen LogP contribution is 2.39. The highest BCUT2D eigenvalue weighted by atomic mass is 16.5. The number of nitrogens with zero attached hydrogens (tertiary/aromatic N) is 1. The summed E-state index contributed by atoms with van der Waals surface area (Å²) in [5, 5.41) is 14.2. The molecule has 0 atom stereocenters. The maximum Gasteiger partial charge on any atom is 0.201 e. The molecule has 0 radical (unpaired) electrons. The summed E-state index contributed by atoms with van der Waals surface area (Å²) >= 11 is 0. The molecule has 0 spiro atoms. The molecule has 46 heavy (non-hydrogen) atoms. The lowest BCUT2D eigenvalue weighted by Crippen LogP contribution is -2.22. The van der Waals surface area contributed by atoms with Gasteiger partial charge in [0.25, 0.3) is 0 Å². The van der Waals surface area contributed by atoms with Crippen LogP contribution in [-0.2, 0) is 4.79 Å². The predicted molar refractivity (Wildman–Crippen MR) is 192 cm³/mol. The maximum absolute atomic E-state index is 13.1. The molecule has 5 nitrogen and oxygen atoms in total. The van der Waals surface area contributed by atoms with Gasteiger partial charge in [0.05, 0.1) is 29.2 Å². The minimum atomic E-state index is -0.158. The average molecular weight is 615 g/mol. The lowest BCUT2D eigenvalue weighted by molar-refractivity contribution is -0.111. The number of aliphatic hydroxyl groups is 1. The number of anilines is 2. The molecule has 0 unspecified atom stereocenters. The fourth-order valence-corrected chi connectivity index (χ4v) is 5.71. The molecule has 238 valence electrons. The highest BCUT2D eigenvalue weighted by molar-refractivity contribution is 6.39. The van der Waals surface area contributed by atoms with Crippen LogP contribution >= 0.6 is 0 Å². The number of hydrogen-bond acceptors (Lipinski definition) is 5. The lowest BCUT2D eigenvalue weighted by Gasteiger charge is -2.24. The Balaban J connectivity index is 1.07. The zero-order valence-corrected chi connectivity index (χ0v) is 27.2. The van der Waals surface area contributed by atoms with Gasteiger partial charge in [-0.1, -0.05) is 107 Å². The normalized spacial score (nSPS) is 14.1. The Morgan fingerprint density at radius 3 is 1.83 bits per heavy atom. The van der Waals surface area contributed by atoms with Crippen molar-refractivity contribution in [1.82, 2.24) is 0 Å². The number of aliphatic hydroxyl groups excluding tert-OH is 1. The van der Waals surface area contributed by atoms with Crippen molar-refractivity contribution in [2.45, 2.75) is 78.1 Å². The van der Waals surface area contributed by atoms with E-state index in [4.69, 9.17) is 4.74 Å². The van der Waals surface area contributed by atoms with E-state index in [1.165, 1.54) is 63.4 Å². The molecule has 0 aromatic heterocycles. The minimum Gasteiger partial charge on any atom is -0.506 e. The molecule has 3 aromatic rings. The van der Waals surface area contributed by atoms with Crippen LogP contribution in [-0.4, -0.2) is 23.2 Å². The van der Waals surface area contributed by atoms with Gasteiger partial charge >= 0.3 is 0 Å². The van der Waals surface area contributed by atoms with Crippen LogP contribution in [0.2, 0.25) is 0 Å². The number of rotatable bonds is 16. The fraction of sp³-hybridized carbons (Fsp3) is 0.317. The molecule has 5 heteroatoms. The van der Waals surface area contributed by atoms with Crippen molar-refractivity contribution >= 4 is 34.1 Å². The lowest BCUT2D eigenvalue weighted by atomic mass is 9.80. The molecule has 0 saturated heterocycles. The van der Waals surface area contributed by atoms with Crippen molar-refractivity contribution in [3.63, 3.8) is 0 Å². The molecule has 2 aliphatic carbocycles. The summed E-state index contributed by atoms with van der Waals surface area (Å²) in [4.78, 5) is 17.7. The molecular formula is C41H46N2O3. The number of ketones is 1. The van der Waals surface area contributed by atoms with Crippen molar-refractivity contribution < 1.29 is 14.6 Å².